The van der Waals surface area contributed by atoms with Gasteiger partial charge in [0, 0.05) is 24.8 Å². The van der Waals surface area contributed by atoms with Crippen molar-refractivity contribution in [3.05, 3.63) is 47.7 Å². The number of halogens is 6. The molecule has 1 aliphatic carbocycles. The van der Waals surface area contributed by atoms with Crippen molar-refractivity contribution in [1.82, 2.24) is 4.98 Å². The van der Waals surface area contributed by atoms with E-state index in [0.717, 1.165) is 0 Å². The first-order valence-electron chi connectivity index (χ1n) is 10.3. The number of hydrogen-bond acceptors (Lipinski definition) is 4. The van der Waals surface area contributed by atoms with Gasteiger partial charge >= 0.3 is 12.4 Å². The maximum Gasteiger partial charge on any atom is 0.433 e. The van der Waals surface area contributed by atoms with Gasteiger partial charge in [0.05, 0.1) is 12.7 Å². The van der Waals surface area contributed by atoms with E-state index < -0.39 is 41.4 Å². The number of nitrogens with zero attached hydrogens (tertiary/aromatic N) is 3. The summed E-state index contributed by atoms with van der Waals surface area (Å²) in [7, 11) is 2.98. The van der Waals surface area contributed by atoms with E-state index in [9.17, 15) is 31.1 Å². The Morgan fingerprint density at radius 2 is 1.82 bits per heavy atom. The predicted molar refractivity (Wildman–Crippen MR) is 108 cm³/mol. The van der Waals surface area contributed by atoms with E-state index in [4.69, 9.17) is 4.74 Å². The number of hydrogen-bond donors (Lipinski definition) is 0. The largest absolute Gasteiger partial charge is 0.497 e. The first kappa shape index (κ1) is 23.2. The van der Waals surface area contributed by atoms with Crippen LogP contribution in [0.4, 0.5) is 37.8 Å². The number of aromatic nitrogens is 1. The highest BCUT2D eigenvalue weighted by molar-refractivity contribution is 5.99. The number of benzene rings is 1. The van der Waals surface area contributed by atoms with Crippen molar-refractivity contribution in [3.63, 3.8) is 0 Å². The average Bonchev–Trinajstić information content (AvgIpc) is 3.38. The summed E-state index contributed by atoms with van der Waals surface area (Å²) in [6.45, 7) is 0. The fourth-order valence-corrected chi connectivity index (χ4v) is 4.74. The standard InChI is InChI=1S/C22H21F6N3O2/c1-30(14-4-3-5-16(11-14)33-2)20(32)19-12-6-7-15(8-12)31(19)18-10-13(21(23,24)25)9-17(29-18)22(26,27)28/h3-5,9-12,15,19H,6-8H2,1-2H3/t12-,15+,19-/m0/s1. The molecule has 3 atom stereocenters. The number of amides is 1. The van der Waals surface area contributed by atoms with Crippen LogP contribution >= 0.6 is 0 Å². The highest BCUT2D eigenvalue weighted by atomic mass is 19.4. The molecule has 2 fully saturated rings. The molecular formula is C22H21F6N3O2. The minimum absolute atomic E-state index is 0.00295. The van der Waals surface area contributed by atoms with Crippen LogP contribution in [0.5, 0.6) is 5.75 Å². The zero-order chi connectivity index (χ0) is 24.1. The quantitative estimate of drug-likeness (QED) is 0.577. The molecule has 1 aliphatic heterocycles. The molecule has 0 N–H and O–H groups in total. The monoisotopic (exact) mass is 473 g/mol. The highest BCUT2D eigenvalue weighted by Gasteiger charge is 2.51. The summed E-state index contributed by atoms with van der Waals surface area (Å²) >= 11 is 0. The van der Waals surface area contributed by atoms with Crippen molar-refractivity contribution in [2.24, 2.45) is 5.92 Å². The lowest BCUT2D eigenvalue weighted by Crippen LogP contribution is -2.51. The Morgan fingerprint density at radius 1 is 1.09 bits per heavy atom. The second kappa shape index (κ2) is 8.11. The number of fused-ring (bicyclic) bond motifs is 2. The molecule has 2 aliphatic rings. The first-order valence-corrected chi connectivity index (χ1v) is 10.3. The van der Waals surface area contributed by atoms with Crippen LogP contribution in [0.2, 0.25) is 0 Å². The number of alkyl halides is 6. The third kappa shape index (κ3) is 4.32. The Hall–Kier alpha value is -2.98. The lowest BCUT2D eigenvalue weighted by Gasteiger charge is -2.37. The molecule has 1 aromatic heterocycles. The van der Waals surface area contributed by atoms with Crippen molar-refractivity contribution < 1.29 is 35.9 Å². The highest BCUT2D eigenvalue weighted by Crippen LogP contribution is 2.47. The van der Waals surface area contributed by atoms with Gasteiger partial charge in [-0.25, -0.2) is 4.98 Å². The van der Waals surface area contributed by atoms with Crippen LogP contribution in [-0.4, -0.2) is 37.1 Å². The smallest absolute Gasteiger partial charge is 0.433 e. The summed E-state index contributed by atoms with van der Waals surface area (Å²) in [6.07, 6.45) is -8.33. The third-order valence-electron chi connectivity index (χ3n) is 6.30. The summed E-state index contributed by atoms with van der Waals surface area (Å²) in [5.41, 5.74) is -2.59. The van der Waals surface area contributed by atoms with Gasteiger partial charge in [-0.15, -0.1) is 0 Å². The van der Waals surface area contributed by atoms with Gasteiger partial charge in [0.1, 0.15) is 23.3 Å². The van der Waals surface area contributed by atoms with Gasteiger partial charge < -0.3 is 14.5 Å². The van der Waals surface area contributed by atoms with E-state index in [1.165, 1.54) is 24.0 Å². The summed E-state index contributed by atoms with van der Waals surface area (Å²) in [5, 5.41) is 0. The summed E-state index contributed by atoms with van der Waals surface area (Å²) < 4.78 is 85.4. The fourth-order valence-electron chi connectivity index (χ4n) is 4.74. The van der Waals surface area contributed by atoms with E-state index in [-0.39, 0.29) is 18.0 Å². The molecule has 2 bridgehead atoms. The second-order valence-electron chi connectivity index (χ2n) is 8.27. The Kier molecular flexibility index (Phi) is 5.69. The Bertz CT molecular complexity index is 1020. The number of pyridine rings is 1. The molecule has 178 valence electrons. The summed E-state index contributed by atoms with van der Waals surface area (Å²) in [6, 6.07) is 5.98. The van der Waals surface area contributed by atoms with E-state index in [2.05, 4.69) is 4.98 Å². The van der Waals surface area contributed by atoms with Crippen LogP contribution in [0.3, 0.4) is 0 Å². The van der Waals surface area contributed by atoms with E-state index in [0.29, 0.717) is 36.8 Å². The number of piperidine rings is 1. The zero-order valence-corrected chi connectivity index (χ0v) is 17.7. The van der Waals surface area contributed by atoms with E-state index in [1.807, 2.05) is 0 Å². The molecule has 1 saturated heterocycles. The van der Waals surface area contributed by atoms with E-state index >= 15 is 0 Å². The van der Waals surface area contributed by atoms with Gasteiger partial charge in [0.25, 0.3) is 0 Å². The van der Waals surface area contributed by atoms with Crippen LogP contribution in [0.15, 0.2) is 36.4 Å². The van der Waals surface area contributed by atoms with Crippen molar-refractivity contribution in [1.29, 1.82) is 0 Å². The number of ether oxygens (including phenoxy) is 1. The van der Waals surface area contributed by atoms with Crippen LogP contribution in [0.25, 0.3) is 0 Å². The Labute approximate surface area is 185 Å². The third-order valence-corrected chi connectivity index (χ3v) is 6.30. The van der Waals surface area contributed by atoms with Gasteiger partial charge in [-0.3, -0.25) is 4.79 Å². The number of carbonyl (C=O) groups is 1. The molecule has 1 amide bonds. The second-order valence-corrected chi connectivity index (χ2v) is 8.27. The molecule has 0 spiro atoms. The van der Waals surface area contributed by atoms with Crippen LogP contribution in [0.1, 0.15) is 30.5 Å². The Morgan fingerprint density at radius 3 is 2.45 bits per heavy atom. The average molecular weight is 473 g/mol. The molecule has 0 radical (unpaired) electrons. The first-order chi connectivity index (χ1) is 15.4. The van der Waals surface area contributed by atoms with Crippen molar-refractivity contribution in [3.8, 4) is 5.75 Å². The molecule has 33 heavy (non-hydrogen) atoms. The van der Waals surface area contributed by atoms with Gasteiger partial charge in [-0.2, -0.15) is 26.3 Å². The van der Waals surface area contributed by atoms with Crippen molar-refractivity contribution >= 4 is 17.4 Å². The number of anilines is 2. The SMILES string of the molecule is COc1cccc(N(C)C(=O)[C@@H]2[C@H]3CC[C@H](C3)N2c2cc(C(F)(F)F)cc(C(F)(F)F)n2)c1. The maximum absolute atomic E-state index is 13.5. The topological polar surface area (TPSA) is 45.7 Å². The number of rotatable bonds is 4. The maximum atomic E-state index is 13.5. The van der Waals surface area contributed by atoms with Crippen molar-refractivity contribution in [2.75, 3.05) is 24.0 Å². The molecule has 0 unspecified atom stereocenters. The van der Waals surface area contributed by atoms with Gasteiger partial charge in [0.15, 0.2) is 0 Å². The minimum atomic E-state index is -5.06. The molecule has 2 heterocycles. The lowest BCUT2D eigenvalue weighted by molar-refractivity contribution is -0.145. The minimum Gasteiger partial charge on any atom is -0.497 e. The zero-order valence-electron chi connectivity index (χ0n) is 17.7. The number of likely N-dealkylation sites (N-methyl/N-ethyl adjacent to an activating group) is 1. The van der Waals surface area contributed by atoms with Gasteiger partial charge in [-0.05, 0) is 49.4 Å². The molecule has 11 heteroatoms. The van der Waals surface area contributed by atoms with Crippen LogP contribution in [0, 0.1) is 5.92 Å². The molecular weight excluding hydrogens is 452 g/mol. The predicted octanol–water partition coefficient (Wildman–Crippen LogP) is 5.15. The fraction of sp³-hybridized carbons (Fsp3) is 0.455. The molecule has 5 nitrogen and oxygen atoms in total. The van der Waals surface area contributed by atoms with Gasteiger partial charge in [0.2, 0.25) is 5.91 Å². The Balaban J connectivity index is 1.74. The summed E-state index contributed by atoms with van der Waals surface area (Å²) in [5.74, 6) is -0.600. The lowest BCUT2D eigenvalue weighted by atomic mass is 9.97. The normalized spacial score (nSPS) is 22.5. The molecule has 1 saturated carbocycles. The molecule has 2 aromatic rings. The number of carbonyl (C=O) groups excluding carboxylic acids is 1. The van der Waals surface area contributed by atoms with Crippen LogP contribution in [-0.2, 0) is 17.1 Å². The number of methoxy groups -OCH3 is 1. The van der Waals surface area contributed by atoms with Crippen molar-refractivity contribution in [2.45, 2.75) is 43.7 Å². The molecule has 4 rings (SSSR count). The van der Waals surface area contributed by atoms with E-state index in [1.54, 1.807) is 24.3 Å². The molecule has 1 aromatic carbocycles. The van der Waals surface area contributed by atoms with Gasteiger partial charge in [-0.1, -0.05) is 6.07 Å². The van der Waals surface area contributed by atoms with Crippen LogP contribution < -0.4 is 14.5 Å². The summed E-state index contributed by atoms with van der Waals surface area (Å²) in [4.78, 5) is 19.7.